The molecule has 0 aromatic heterocycles. The predicted octanol–water partition coefficient (Wildman–Crippen LogP) is 1.60. The molecule has 0 spiro atoms. The second-order valence-electron chi connectivity index (χ2n) is 3.83. The Morgan fingerprint density at radius 3 is 2.68 bits per heavy atom. The van der Waals surface area contributed by atoms with Crippen LogP contribution in [0.25, 0.3) is 0 Å². The van der Waals surface area contributed by atoms with Crippen molar-refractivity contribution in [3.8, 4) is 6.07 Å². The van der Waals surface area contributed by atoms with E-state index in [0.29, 0.717) is 6.42 Å². The number of hydrogen-bond acceptors (Lipinski definition) is 4. The predicted molar refractivity (Wildman–Crippen MR) is 72.3 cm³/mol. The van der Waals surface area contributed by atoms with Gasteiger partial charge in [-0.15, -0.1) is 0 Å². The molecular weight excluding hydrogens is 288 g/mol. The van der Waals surface area contributed by atoms with Crippen LogP contribution in [-0.4, -0.2) is 37.5 Å². The highest BCUT2D eigenvalue weighted by atomic mass is 35.5. The van der Waals surface area contributed by atoms with Crippen molar-refractivity contribution in [1.29, 1.82) is 5.26 Å². The van der Waals surface area contributed by atoms with Gasteiger partial charge in [0.15, 0.2) is 0 Å². The molecule has 1 aromatic rings. The van der Waals surface area contributed by atoms with Gasteiger partial charge in [-0.05, 0) is 24.6 Å². The minimum atomic E-state index is -3.77. The molecule has 0 bridgehead atoms. The number of aliphatic hydroxyl groups is 1. The topological polar surface area (TPSA) is 81.4 Å². The van der Waals surface area contributed by atoms with Crippen LogP contribution >= 0.6 is 11.6 Å². The average Bonchev–Trinajstić information content (AvgIpc) is 2.39. The van der Waals surface area contributed by atoms with Crippen LogP contribution < -0.4 is 0 Å². The van der Waals surface area contributed by atoms with Gasteiger partial charge < -0.3 is 5.11 Å². The molecule has 0 heterocycles. The van der Waals surface area contributed by atoms with Crippen molar-refractivity contribution in [2.45, 2.75) is 18.2 Å². The highest BCUT2D eigenvalue weighted by Crippen LogP contribution is 2.23. The number of rotatable bonds is 6. The molecule has 1 rings (SSSR count). The quantitative estimate of drug-likeness (QED) is 0.865. The Balaban J connectivity index is 3.25. The number of hydrogen-bond donors (Lipinski definition) is 1. The Labute approximate surface area is 118 Å². The van der Waals surface area contributed by atoms with Gasteiger partial charge in [-0.25, -0.2) is 8.42 Å². The number of nitrogens with zero attached hydrogens (tertiary/aromatic N) is 2. The summed E-state index contributed by atoms with van der Waals surface area (Å²) in [6, 6.07) is 5.98. The van der Waals surface area contributed by atoms with Crippen LogP contribution in [0.1, 0.15) is 18.9 Å². The number of halogens is 1. The summed E-state index contributed by atoms with van der Waals surface area (Å²) in [5, 5.41) is 18.0. The van der Waals surface area contributed by atoms with Gasteiger partial charge in [-0.2, -0.15) is 9.57 Å². The molecular formula is C12H15ClN2O3S. The molecule has 0 amide bonds. The van der Waals surface area contributed by atoms with Crippen LogP contribution in [0.15, 0.2) is 23.1 Å². The van der Waals surface area contributed by atoms with E-state index in [9.17, 15) is 8.42 Å². The first-order valence-corrected chi connectivity index (χ1v) is 7.59. The number of nitriles is 1. The highest BCUT2D eigenvalue weighted by molar-refractivity contribution is 7.89. The highest BCUT2D eigenvalue weighted by Gasteiger charge is 2.25. The molecule has 7 heteroatoms. The molecule has 1 N–H and O–H groups in total. The maximum absolute atomic E-state index is 12.4. The zero-order valence-electron chi connectivity index (χ0n) is 10.5. The fraction of sp³-hybridized carbons (Fsp3) is 0.417. The number of aliphatic hydroxyl groups excluding tert-OH is 1. The van der Waals surface area contributed by atoms with Crippen LogP contribution in [0, 0.1) is 11.3 Å². The normalized spacial score (nSPS) is 11.5. The lowest BCUT2D eigenvalue weighted by molar-refractivity contribution is 0.271. The third kappa shape index (κ3) is 3.67. The lowest BCUT2D eigenvalue weighted by Gasteiger charge is -2.20. The summed E-state index contributed by atoms with van der Waals surface area (Å²) in [6.07, 6.45) is 0.343. The van der Waals surface area contributed by atoms with E-state index < -0.39 is 10.0 Å². The standard InChI is InChI=1S/C12H15ClN2O3S/c1-2-15(6-3-7-16)19(17,18)12-8-11(13)5-4-10(12)9-14/h4-5,8,16H,2-3,6-7H2,1H3. The van der Waals surface area contributed by atoms with E-state index in [1.54, 1.807) is 6.92 Å². The molecule has 0 fully saturated rings. The molecule has 0 unspecified atom stereocenters. The molecule has 19 heavy (non-hydrogen) atoms. The van der Waals surface area contributed by atoms with Crippen molar-refractivity contribution in [3.05, 3.63) is 28.8 Å². The van der Waals surface area contributed by atoms with E-state index in [1.165, 1.54) is 22.5 Å². The average molecular weight is 303 g/mol. The van der Waals surface area contributed by atoms with Crippen molar-refractivity contribution in [1.82, 2.24) is 4.31 Å². The molecule has 0 aliphatic carbocycles. The van der Waals surface area contributed by atoms with Gasteiger partial charge in [0.1, 0.15) is 11.0 Å². The van der Waals surface area contributed by atoms with Gasteiger partial charge in [0.2, 0.25) is 10.0 Å². The maximum Gasteiger partial charge on any atom is 0.244 e. The first-order valence-electron chi connectivity index (χ1n) is 5.78. The Bertz CT molecular complexity index is 581. The van der Waals surface area contributed by atoms with Gasteiger partial charge in [0.05, 0.1) is 5.56 Å². The molecule has 5 nitrogen and oxygen atoms in total. The lowest BCUT2D eigenvalue weighted by Crippen LogP contribution is -2.32. The first kappa shape index (κ1) is 15.9. The van der Waals surface area contributed by atoms with Crippen LogP contribution in [0.4, 0.5) is 0 Å². The van der Waals surface area contributed by atoms with Crippen LogP contribution in [-0.2, 0) is 10.0 Å². The second kappa shape index (κ2) is 6.87. The minimum absolute atomic E-state index is 0.0619. The summed E-state index contributed by atoms with van der Waals surface area (Å²) in [6.45, 7) is 2.07. The van der Waals surface area contributed by atoms with Gasteiger partial charge >= 0.3 is 0 Å². The third-order valence-corrected chi connectivity index (χ3v) is 4.85. The summed E-state index contributed by atoms with van der Waals surface area (Å²) >= 11 is 5.80. The van der Waals surface area contributed by atoms with Gasteiger partial charge in [-0.1, -0.05) is 18.5 Å². The lowest BCUT2D eigenvalue weighted by atomic mass is 10.2. The van der Waals surface area contributed by atoms with E-state index in [2.05, 4.69) is 0 Å². The zero-order chi connectivity index (χ0) is 14.5. The van der Waals surface area contributed by atoms with E-state index in [0.717, 1.165) is 0 Å². The third-order valence-electron chi connectivity index (χ3n) is 2.60. The smallest absolute Gasteiger partial charge is 0.244 e. The van der Waals surface area contributed by atoms with Gasteiger partial charge in [0.25, 0.3) is 0 Å². The Morgan fingerprint density at radius 1 is 1.47 bits per heavy atom. The molecule has 0 atom stereocenters. The largest absolute Gasteiger partial charge is 0.396 e. The van der Waals surface area contributed by atoms with Crippen LogP contribution in [0.2, 0.25) is 5.02 Å². The van der Waals surface area contributed by atoms with E-state index in [-0.39, 0.29) is 35.2 Å². The molecule has 0 radical (unpaired) electrons. The summed E-state index contributed by atoms with van der Waals surface area (Å²) in [7, 11) is -3.77. The van der Waals surface area contributed by atoms with E-state index >= 15 is 0 Å². The van der Waals surface area contributed by atoms with Crippen LogP contribution in [0.5, 0.6) is 0 Å². The fourth-order valence-electron chi connectivity index (χ4n) is 1.64. The molecule has 0 aliphatic heterocycles. The minimum Gasteiger partial charge on any atom is -0.396 e. The molecule has 1 aromatic carbocycles. The second-order valence-corrected chi connectivity index (χ2v) is 6.17. The Morgan fingerprint density at radius 2 is 2.16 bits per heavy atom. The van der Waals surface area contributed by atoms with Gasteiger partial charge in [-0.3, -0.25) is 0 Å². The Hall–Kier alpha value is -1.13. The SMILES string of the molecule is CCN(CCCO)S(=O)(=O)c1cc(Cl)ccc1C#N. The van der Waals surface area contributed by atoms with Gasteiger partial charge in [0, 0.05) is 24.7 Å². The summed E-state index contributed by atoms with van der Waals surface area (Å²) in [4.78, 5) is -0.0951. The van der Waals surface area contributed by atoms with Crippen molar-refractivity contribution >= 4 is 21.6 Å². The summed E-state index contributed by atoms with van der Waals surface area (Å²) in [5.41, 5.74) is 0.0619. The molecule has 104 valence electrons. The monoisotopic (exact) mass is 302 g/mol. The molecule has 0 aliphatic rings. The zero-order valence-corrected chi connectivity index (χ0v) is 12.1. The first-order chi connectivity index (χ1) is 8.97. The number of sulfonamides is 1. The van der Waals surface area contributed by atoms with Crippen molar-refractivity contribution in [3.63, 3.8) is 0 Å². The Kier molecular flexibility index (Phi) is 5.76. The van der Waals surface area contributed by atoms with Crippen molar-refractivity contribution in [2.75, 3.05) is 19.7 Å². The van der Waals surface area contributed by atoms with Crippen molar-refractivity contribution in [2.24, 2.45) is 0 Å². The molecule has 0 saturated heterocycles. The fourth-order valence-corrected chi connectivity index (χ4v) is 3.53. The maximum atomic E-state index is 12.4. The van der Waals surface area contributed by atoms with E-state index in [4.69, 9.17) is 22.0 Å². The van der Waals surface area contributed by atoms with Crippen molar-refractivity contribution < 1.29 is 13.5 Å². The molecule has 0 saturated carbocycles. The van der Waals surface area contributed by atoms with E-state index in [1.807, 2.05) is 6.07 Å². The summed E-state index contributed by atoms with van der Waals surface area (Å²) in [5.74, 6) is 0. The summed E-state index contributed by atoms with van der Waals surface area (Å²) < 4.78 is 26.1. The van der Waals surface area contributed by atoms with Crippen LogP contribution in [0.3, 0.4) is 0 Å². The number of benzene rings is 1.